The average molecular weight is 660 g/mol. The highest BCUT2D eigenvalue weighted by Gasteiger charge is 2.31. The van der Waals surface area contributed by atoms with Crippen molar-refractivity contribution in [3.05, 3.63) is 168 Å². The molecule has 0 radical (unpaired) electrons. The third-order valence-corrected chi connectivity index (χ3v) is 10.7. The molecular formula is C45H33N5O. The maximum Gasteiger partial charge on any atom is 0.206 e. The van der Waals surface area contributed by atoms with E-state index in [1.54, 1.807) is 0 Å². The Kier molecular flexibility index (Phi) is 6.18. The summed E-state index contributed by atoms with van der Waals surface area (Å²) in [6, 6.07) is 49.6. The third kappa shape index (κ3) is 4.23. The smallest absolute Gasteiger partial charge is 0.206 e. The van der Waals surface area contributed by atoms with Gasteiger partial charge in [0.25, 0.3) is 0 Å². The molecule has 0 saturated heterocycles. The number of nitrogens with zero attached hydrogens (tertiary/aromatic N) is 3. The van der Waals surface area contributed by atoms with Gasteiger partial charge in [0.1, 0.15) is 23.7 Å². The average Bonchev–Trinajstić information content (AvgIpc) is 3.86. The fourth-order valence-electron chi connectivity index (χ4n) is 8.43. The summed E-state index contributed by atoms with van der Waals surface area (Å²) in [6.45, 7) is 0. The molecule has 244 valence electrons. The molecule has 9 aromatic rings. The van der Waals surface area contributed by atoms with E-state index < -0.39 is 0 Å². The fraction of sp³-hybridized carbons (Fsp3) is 0.0889. The lowest BCUT2D eigenvalue weighted by Gasteiger charge is -2.32. The first-order valence-electron chi connectivity index (χ1n) is 17.7. The maximum atomic E-state index is 6.57. The monoisotopic (exact) mass is 659 g/mol. The molecule has 2 N–H and O–H groups in total. The molecule has 0 saturated carbocycles. The van der Waals surface area contributed by atoms with Crippen LogP contribution in [0.25, 0.3) is 66.3 Å². The largest absolute Gasteiger partial charge is 0.456 e. The number of aliphatic imine (C=N–C) groups is 1. The van der Waals surface area contributed by atoms with Gasteiger partial charge in [-0.1, -0.05) is 115 Å². The molecule has 6 heteroatoms. The summed E-state index contributed by atoms with van der Waals surface area (Å²) in [5.74, 6) is 1.75. The molecule has 6 nitrogen and oxygen atoms in total. The molecule has 1 aliphatic carbocycles. The lowest BCUT2D eigenvalue weighted by Crippen LogP contribution is -2.47. The second-order valence-electron chi connectivity index (χ2n) is 13.5. The highest BCUT2D eigenvalue weighted by Crippen LogP contribution is 2.44. The standard InChI is InChI=1S/C45H33N5O/c1-4-14-28(15-5-1)43-46-44(29-16-6-2-7-17-29)48-45(47-43)50-40-33(26-27-38-39(40)35-21-11-13-23-37(35)51-38)34-25-24-32-31-20-10-12-22-36(31)49(41(32)42(34)50)30-18-8-3-9-19-30/h1-10,12-20,22-27,43-44,46H,11,21H2,(H,47,48). The molecular weight excluding hydrogens is 627 g/mol. The SMILES string of the molecule is C1=Cc2oc3ccc4c5ccc6c7ccccc7n(-c7ccccc7)c6c5n(C5=NC(c6ccccc6)NC(c6ccccc6)N5)c4c3c2CC1. The number of rotatable bonds is 3. The number of allylic oxidation sites excluding steroid dienone is 1. The second kappa shape index (κ2) is 11.1. The minimum Gasteiger partial charge on any atom is -0.456 e. The molecule has 0 amide bonds. The Morgan fingerprint density at radius 3 is 2.06 bits per heavy atom. The summed E-state index contributed by atoms with van der Waals surface area (Å²) in [6.07, 6.45) is 5.81. The predicted octanol–water partition coefficient (Wildman–Crippen LogP) is 10.4. The molecule has 0 spiro atoms. The number of fused-ring (bicyclic) bond motifs is 11. The summed E-state index contributed by atoms with van der Waals surface area (Å²) in [4.78, 5) is 5.54. The Labute approximate surface area is 293 Å². The van der Waals surface area contributed by atoms with E-state index in [4.69, 9.17) is 9.41 Å². The lowest BCUT2D eigenvalue weighted by atomic mass is 9.99. The molecule has 3 aromatic heterocycles. The first-order chi connectivity index (χ1) is 25.3. The van der Waals surface area contributed by atoms with Gasteiger partial charge in [0.2, 0.25) is 5.96 Å². The van der Waals surface area contributed by atoms with Crippen LogP contribution >= 0.6 is 0 Å². The minimum absolute atomic E-state index is 0.184. The maximum absolute atomic E-state index is 6.57. The van der Waals surface area contributed by atoms with Crippen molar-refractivity contribution in [2.45, 2.75) is 25.2 Å². The molecule has 51 heavy (non-hydrogen) atoms. The van der Waals surface area contributed by atoms with E-state index in [1.165, 1.54) is 32.6 Å². The van der Waals surface area contributed by atoms with Crippen molar-refractivity contribution in [3.63, 3.8) is 0 Å². The van der Waals surface area contributed by atoms with Crippen molar-refractivity contribution in [2.75, 3.05) is 0 Å². The van der Waals surface area contributed by atoms with Crippen molar-refractivity contribution in [1.82, 2.24) is 19.8 Å². The van der Waals surface area contributed by atoms with Gasteiger partial charge in [-0.15, -0.1) is 0 Å². The molecule has 2 aliphatic rings. The number of hydrogen-bond donors (Lipinski definition) is 2. The highest BCUT2D eigenvalue weighted by molar-refractivity contribution is 6.29. The molecule has 2 unspecified atom stereocenters. The number of aromatic nitrogens is 2. The third-order valence-electron chi connectivity index (χ3n) is 10.7. The van der Waals surface area contributed by atoms with E-state index in [9.17, 15) is 0 Å². The Morgan fingerprint density at radius 1 is 0.608 bits per heavy atom. The number of para-hydroxylation sites is 2. The van der Waals surface area contributed by atoms with Crippen molar-refractivity contribution in [3.8, 4) is 5.69 Å². The summed E-state index contributed by atoms with van der Waals surface area (Å²) < 4.78 is 11.4. The van der Waals surface area contributed by atoms with Gasteiger partial charge in [0.15, 0.2) is 0 Å². The van der Waals surface area contributed by atoms with Crippen molar-refractivity contribution in [1.29, 1.82) is 0 Å². The zero-order valence-corrected chi connectivity index (χ0v) is 27.8. The van der Waals surface area contributed by atoms with Crippen LogP contribution in [0.15, 0.2) is 155 Å². The van der Waals surface area contributed by atoms with Gasteiger partial charge >= 0.3 is 0 Å². The van der Waals surface area contributed by atoms with Crippen LogP contribution < -0.4 is 10.6 Å². The van der Waals surface area contributed by atoms with Crippen LogP contribution in [0.1, 0.15) is 41.2 Å². The summed E-state index contributed by atoms with van der Waals surface area (Å²) in [7, 11) is 0. The summed E-state index contributed by atoms with van der Waals surface area (Å²) in [5, 5.41) is 13.6. The van der Waals surface area contributed by atoms with Gasteiger partial charge in [-0.3, -0.25) is 9.88 Å². The van der Waals surface area contributed by atoms with Gasteiger partial charge in [0.05, 0.1) is 22.1 Å². The van der Waals surface area contributed by atoms with E-state index in [2.05, 4.69) is 171 Å². The van der Waals surface area contributed by atoms with Gasteiger partial charge < -0.3 is 14.3 Å². The highest BCUT2D eigenvalue weighted by atomic mass is 16.3. The van der Waals surface area contributed by atoms with Crippen LogP contribution in [0.4, 0.5) is 0 Å². The Balaban J connectivity index is 1.33. The normalized spacial score (nSPS) is 17.4. The molecule has 2 atom stereocenters. The first-order valence-corrected chi connectivity index (χ1v) is 17.7. The Hall–Kier alpha value is -6.37. The number of furan rings is 1. The summed E-state index contributed by atoms with van der Waals surface area (Å²) >= 11 is 0. The fourth-order valence-corrected chi connectivity index (χ4v) is 8.43. The number of aryl methyl sites for hydroxylation is 1. The Bertz CT molecular complexity index is 2860. The van der Waals surface area contributed by atoms with Crippen LogP contribution in [-0.2, 0) is 6.42 Å². The summed E-state index contributed by atoms with van der Waals surface area (Å²) in [5.41, 5.74) is 10.1. The topological polar surface area (TPSA) is 59.4 Å². The van der Waals surface area contributed by atoms with E-state index in [0.29, 0.717) is 0 Å². The second-order valence-corrected chi connectivity index (χ2v) is 13.5. The molecule has 6 aromatic carbocycles. The van der Waals surface area contributed by atoms with Gasteiger partial charge in [-0.2, -0.15) is 0 Å². The van der Waals surface area contributed by atoms with Crippen LogP contribution in [0.5, 0.6) is 0 Å². The zero-order valence-electron chi connectivity index (χ0n) is 27.8. The first kappa shape index (κ1) is 28.5. The molecule has 0 fully saturated rings. The predicted molar refractivity (Wildman–Crippen MR) is 208 cm³/mol. The minimum atomic E-state index is -0.278. The van der Waals surface area contributed by atoms with Gasteiger partial charge in [-0.25, -0.2) is 4.99 Å². The molecule has 1 aliphatic heterocycles. The Morgan fingerprint density at radius 2 is 1.25 bits per heavy atom. The zero-order chi connectivity index (χ0) is 33.5. The van der Waals surface area contributed by atoms with Crippen molar-refractivity contribution >= 4 is 66.6 Å². The number of hydrogen-bond acceptors (Lipinski definition) is 4. The van der Waals surface area contributed by atoms with Crippen LogP contribution in [0, 0.1) is 0 Å². The van der Waals surface area contributed by atoms with Gasteiger partial charge in [-0.05, 0) is 60.4 Å². The number of benzene rings is 6. The van der Waals surface area contributed by atoms with Crippen molar-refractivity contribution in [2.24, 2.45) is 4.99 Å². The van der Waals surface area contributed by atoms with E-state index >= 15 is 0 Å². The van der Waals surface area contributed by atoms with Gasteiger partial charge in [0, 0.05) is 38.2 Å². The molecule has 11 rings (SSSR count). The van der Waals surface area contributed by atoms with Crippen LogP contribution in [0.2, 0.25) is 0 Å². The van der Waals surface area contributed by atoms with Crippen LogP contribution in [-0.4, -0.2) is 15.1 Å². The van der Waals surface area contributed by atoms with E-state index in [0.717, 1.165) is 68.9 Å². The number of nitrogens with one attached hydrogen (secondary N) is 2. The van der Waals surface area contributed by atoms with Crippen LogP contribution in [0.3, 0.4) is 0 Å². The van der Waals surface area contributed by atoms with E-state index in [-0.39, 0.29) is 12.3 Å². The van der Waals surface area contributed by atoms with E-state index in [1.807, 2.05) is 0 Å². The molecule has 4 heterocycles. The van der Waals surface area contributed by atoms with Crippen molar-refractivity contribution < 1.29 is 4.42 Å². The molecule has 0 bridgehead atoms. The quantitative estimate of drug-likeness (QED) is 0.198. The lowest BCUT2D eigenvalue weighted by molar-refractivity contribution is 0.403.